The zero-order chi connectivity index (χ0) is 14.7. The lowest BCUT2D eigenvalue weighted by molar-refractivity contribution is -0.00409. The van der Waals surface area contributed by atoms with Gasteiger partial charge in [-0.25, -0.2) is 4.79 Å². The molecule has 3 rings (SSSR count). The van der Waals surface area contributed by atoms with Gasteiger partial charge in [-0.1, -0.05) is 12.1 Å². The van der Waals surface area contributed by atoms with Crippen molar-refractivity contribution in [2.75, 3.05) is 32.8 Å². The molecule has 2 atom stereocenters. The fraction of sp³-hybridized carbons (Fsp3) is 0.533. The minimum absolute atomic E-state index is 0.0763. The van der Waals surface area contributed by atoms with Crippen LogP contribution in [0.5, 0.6) is 11.5 Å². The van der Waals surface area contributed by atoms with Crippen LogP contribution in [0.3, 0.4) is 0 Å². The van der Waals surface area contributed by atoms with Gasteiger partial charge in [-0.15, -0.1) is 0 Å². The van der Waals surface area contributed by atoms with Gasteiger partial charge >= 0.3 is 6.03 Å². The molecule has 6 nitrogen and oxygen atoms in total. The molecule has 0 aliphatic carbocycles. The van der Waals surface area contributed by atoms with Crippen LogP contribution >= 0.6 is 0 Å². The van der Waals surface area contributed by atoms with Crippen molar-refractivity contribution in [3.8, 4) is 11.5 Å². The van der Waals surface area contributed by atoms with Crippen molar-refractivity contribution in [2.24, 2.45) is 0 Å². The van der Waals surface area contributed by atoms with Crippen molar-refractivity contribution in [1.82, 2.24) is 10.2 Å². The Morgan fingerprint density at radius 3 is 3.00 bits per heavy atom. The normalized spacial score (nSPS) is 24.5. The van der Waals surface area contributed by atoms with Gasteiger partial charge in [-0.3, -0.25) is 0 Å². The van der Waals surface area contributed by atoms with Crippen LogP contribution in [0.2, 0.25) is 0 Å². The van der Waals surface area contributed by atoms with Crippen molar-refractivity contribution in [2.45, 2.75) is 19.1 Å². The summed E-state index contributed by atoms with van der Waals surface area (Å²) in [6.45, 7) is 4.67. The summed E-state index contributed by atoms with van der Waals surface area (Å²) < 4.78 is 16.9. The smallest absolute Gasteiger partial charge is 0.317 e. The van der Waals surface area contributed by atoms with Crippen LogP contribution in [-0.2, 0) is 4.74 Å². The van der Waals surface area contributed by atoms with Crippen LogP contribution in [0.1, 0.15) is 6.92 Å². The predicted molar refractivity (Wildman–Crippen MR) is 76.7 cm³/mol. The number of para-hydroxylation sites is 2. The van der Waals surface area contributed by atoms with Crippen molar-refractivity contribution < 1.29 is 19.0 Å². The molecule has 1 aromatic carbocycles. The number of benzene rings is 1. The van der Waals surface area contributed by atoms with Crippen LogP contribution in [0.15, 0.2) is 24.3 Å². The third-order valence-electron chi connectivity index (χ3n) is 3.58. The molecule has 2 aliphatic heterocycles. The number of carbonyl (C=O) groups excluding carboxylic acids is 1. The Kier molecular flexibility index (Phi) is 4.15. The Bertz CT molecular complexity index is 508. The summed E-state index contributed by atoms with van der Waals surface area (Å²) in [5.41, 5.74) is 0. The van der Waals surface area contributed by atoms with E-state index < -0.39 is 0 Å². The van der Waals surface area contributed by atoms with Gasteiger partial charge in [0.25, 0.3) is 0 Å². The van der Waals surface area contributed by atoms with Gasteiger partial charge < -0.3 is 24.4 Å². The minimum atomic E-state index is -0.165. The summed E-state index contributed by atoms with van der Waals surface area (Å²) in [5, 5.41) is 2.90. The lowest BCUT2D eigenvalue weighted by Gasteiger charge is -2.32. The second kappa shape index (κ2) is 6.22. The zero-order valence-electron chi connectivity index (χ0n) is 12.1. The van der Waals surface area contributed by atoms with E-state index in [1.165, 1.54) is 0 Å². The van der Waals surface area contributed by atoms with Crippen LogP contribution in [0, 0.1) is 0 Å². The molecule has 1 saturated heterocycles. The topological polar surface area (TPSA) is 60.0 Å². The number of nitrogens with one attached hydrogen (secondary N) is 1. The number of amides is 2. The average molecular weight is 292 g/mol. The Hall–Kier alpha value is -1.95. The summed E-state index contributed by atoms with van der Waals surface area (Å²) in [4.78, 5) is 13.9. The third kappa shape index (κ3) is 3.39. The lowest BCUT2D eigenvalue weighted by atomic mass is 10.2. The Morgan fingerprint density at radius 2 is 2.19 bits per heavy atom. The SMILES string of the molecule is C[C@H]1CN(C(=O)NC[C@H]2COc3ccccc3O2)CCO1. The number of urea groups is 1. The van der Waals surface area contributed by atoms with E-state index in [0.29, 0.717) is 32.8 Å². The molecule has 0 radical (unpaired) electrons. The predicted octanol–water partition coefficient (Wildman–Crippen LogP) is 1.26. The maximum absolute atomic E-state index is 12.1. The Morgan fingerprint density at radius 1 is 1.38 bits per heavy atom. The molecule has 1 fully saturated rings. The molecular weight excluding hydrogens is 272 g/mol. The van der Waals surface area contributed by atoms with E-state index in [2.05, 4.69) is 5.32 Å². The van der Waals surface area contributed by atoms with Gasteiger partial charge in [-0.05, 0) is 19.1 Å². The highest BCUT2D eigenvalue weighted by atomic mass is 16.6. The fourth-order valence-corrected chi connectivity index (χ4v) is 2.48. The maximum atomic E-state index is 12.1. The molecule has 1 N–H and O–H groups in total. The fourth-order valence-electron chi connectivity index (χ4n) is 2.48. The van der Waals surface area contributed by atoms with E-state index in [4.69, 9.17) is 14.2 Å². The molecule has 2 aliphatic rings. The molecule has 6 heteroatoms. The molecule has 0 saturated carbocycles. The first kappa shape index (κ1) is 14.0. The minimum Gasteiger partial charge on any atom is -0.486 e. The first-order valence-corrected chi connectivity index (χ1v) is 7.25. The molecule has 0 spiro atoms. The molecule has 0 unspecified atom stereocenters. The first-order chi connectivity index (χ1) is 10.2. The van der Waals surface area contributed by atoms with E-state index in [1.54, 1.807) is 4.90 Å². The van der Waals surface area contributed by atoms with Crippen LogP contribution in [0.25, 0.3) is 0 Å². The second-order valence-corrected chi connectivity index (χ2v) is 5.31. The van der Waals surface area contributed by atoms with E-state index in [0.717, 1.165) is 11.5 Å². The molecule has 21 heavy (non-hydrogen) atoms. The van der Waals surface area contributed by atoms with Gasteiger partial charge in [-0.2, -0.15) is 0 Å². The Labute approximate surface area is 124 Å². The van der Waals surface area contributed by atoms with Gasteiger partial charge in [0.05, 0.1) is 19.3 Å². The summed E-state index contributed by atoms with van der Waals surface area (Å²) in [6.07, 6.45) is -0.0760. The molecule has 0 bridgehead atoms. The van der Waals surface area contributed by atoms with Crippen LogP contribution in [-0.4, -0.2) is 56.0 Å². The van der Waals surface area contributed by atoms with Gasteiger partial charge in [0.15, 0.2) is 17.6 Å². The van der Waals surface area contributed by atoms with Crippen LogP contribution < -0.4 is 14.8 Å². The highest BCUT2D eigenvalue weighted by Crippen LogP contribution is 2.30. The van der Waals surface area contributed by atoms with Gasteiger partial charge in [0.2, 0.25) is 0 Å². The highest BCUT2D eigenvalue weighted by Gasteiger charge is 2.24. The van der Waals surface area contributed by atoms with Crippen molar-refractivity contribution in [3.63, 3.8) is 0 Å². The number of rotatable bonds is 2. The van der Waals surface area contributed by atoms with E-state index in [9.17, 15) is 4.79 Å². The van der Waals surface area contributed by atoms with Crippen molar-refractivity contribution in [1.29, 1.82) is 0 Å². The highest BCUT2D eigenvalue weighted by molar-refractivity contribution is 5.74. The number of morpholine rings is 1. The van der Waals surface area contributed by atoms with E-state index >= 15 is 0 Å². The van der Waals surface area contributed by atoms with Gasteiger partial charge in [0.1, 0.15) is 6.61 Å². The number of ether oxygens (including phenoxy) is 3. The maximum Gasteiger partial charge on any atom is 0.317 e. The molecule has 2 heterocycles. The largest absolute Gasteiger partial charge is 0.486 e. The molecule has 2 amide bonds. The number of carbonyl (C=O) groups is 1. The standard InChI is InChI=1S/C15H20N2O4/c1-11-9-17(6-7-19-11)15(18)16-8-12-10-20-13-4-2-3-5-14(13)21-12/h2-5,11-12H,6-10H2,1H3,(H,16,18)/t11-,12-/m0/s1. The zero-order valence-corrected chi connectivity index (χ0v) is 12.1. The van der Waals surface area contributed by atoms with E-state index in [1.807, 2.05) is 31.2 Å². The number of fused-ring (bicyclic) bond motifs is 1. The molecule has 0 aromatic heterocycles. The average Bonchev–Trinajstić information content (AvgIpc) is 2.52. The number of hydrogen-bond donors (Lipinski definition) is 1. The quantitative estimate of drug-likeness (QED) is 0.891. The molecule has 1 aromatic rings. The monoisotopic (exact) mass is 292 g/mol. The number of hydrogen-bond acceptors (Lipinski definition) is 4. The van der Waals surface area contributed by atoms with E-state index in [-0.39, 0.29) is 18.2 Å². The van der Waals surface area contributed by atoms with Crippen LogP contribution in [0.4, 0.5) is 4.79 Å². The lowest BCUT2D eigenvalue weighted by Crippen LogP contribution is -2.51. The summed E-state index contributed by atoms with van der Waals surface area (Å²) in [6, 6.07) is 7.47. The molecular formula is C15H20N2O4. The second-order valence-electron chi connectivity index (χ2n) is 5.31. The first-order valence-electron chi connectivity index (χ1n) is 7.25. The molecule has 114 valence electrons. The third-order valence-corrected chi connectivity index (χ3v) is 3.58. The van der Waals surface area contributed by atoms with Crippen molar-refractivity contribution >= 4 is 6.03 Å². The number of nitrogens with zero attached hydrogens (tertiary/aromatic N) is 1. The van der Waals surface area contributed by atoms with Crippen molar-refractivity contribution in [3.05, 3.63) is 24.3 Å². The van der Waals surface area contributed by atoms with Gasteiger partial charge in [0, 0.05) is 13.1 Å². The summed E-state index contributed by atoms with van der Waals surface area (Å²) in [5.74, 6) is 1.48. The summed E-state index contributed by atoms with van der Waals surface area (Å²) >= 11 is 0. The Balaban J connectivity index is 1.49. The summed E-state index contributed by atoms with van der Waals surface area (Å²) in [7, 11) is 0.